The number of nitrogens with one attached hydrogen (secondary N) is 2. The molecule has 0 bridgehead atoms. The van der Waals surface area contributed by atoms with Crippen LogP contribution in [0.5, 0.6) is 0 Å². The zero-order valence-corrected chi connectivity index (χ0v) is 16.4. The van der Waals surface area contributed by atoms with E-state index in [4.69, 9.17) is 0 Å². The molecule has 1 saturated carbocycles. The summed E-state index contributed by atoms with van der Waals surface area (Å²) in [6.07, 6.45) is 6.87. The second-order valence-corrected chi connectivity index (χ2v) is 7.10. The second-order valence-electron chi connectivity index (χ2n) is 6.07. The molecule has 1 saturated heterocycles. The van der Waals surface area contributed by atoms with Gasteiger partial charge in [-0.3, -0.25) is 9.89 Å². The van der Waals surface area contributed by atoms with E-state index in [1.165, 1.54) is 50.1 Å². The van der Waals surface area contributed by atoms with E-state index in [2.05, 4.69) is 38.0 Å². The zero-order valence-electron chi connectivity index (χ0n) is 13.3. The van der Waals surface area contributed by atoms with Crippen molar-refractivity contribution in [3.05, 3.63) is 22.4 Å². The Morgan fingerprint density at radius 2 is 2.18 bits per heavy atom. The fourth-order valence-electron chi connectivity index (χ4n) is 3.48. The van der Waals surface area contributed by atoms with Gasteiger partial charge in [-0.05, 0) is 30.7 Å². The average molecular weight is 434 g/mol. The van der Waals surface area contributed by atoms with Crippen molar-refractivity contribution in [2.24, 2.45) is 4.99 Å². The molecule has 0 aromatic carbocycles. The largest absolute Gasteiger partial charge is 0.352 e. The summed E-state index contributed by atoms with van der Waals surface area (Å²) in [5, 5.41) is 9.11. The second kappa shape index (κ2) is 9.08. The molecule has 1 aromatic rings. The smallest absolute Gasteiger partial charge is 0.191 e. The summed E-state index contributed by atoms with van der Waals surface area (Å²) in [6.45, 7) is 3.27. The van der Waals surface area contributed by atoms with Crippen LogP contribution in [0.25, 0.3) is 0 Å². The van der Waals surface area contributed by atoms with Gasteiger partial charge in [0.05, 0.1) is 6.54 Å². The predicted molar refractivity (Wildman–Crippen MR) is 105 cm³/mol. The summed E-state index contributed by atoms with van der Waals surface area (Å²) in [4.78, 5) is 8.38. The number of hydrogen-bond donors (Lipinski definition) is 2. The van der Waals surface area contributed by atoms with Crippen LogP contribution in [0.3, 0.4) is 0 Å². The van der Waals surface area contributed by atoms with E-state index >= 15 is 0 Å². The molecule has 22 heavy (non-hydrogen) atoms. The molecule has 1 aliphatic carbocycles. The number of aliphatic imine (C=N–C) groups is 1. The molecule has 1 unspecified atom stereocenters. The van der Waals surface area contributed by atoms with Gasteiger partial charge in [0, 0.05) is 37.1 Å². The third-order valence-electron chi connectivity index (χ3n) is 4.64. The molecule has 4 nitrogen and oxygen atoms in total. The molecule has 0 spiro atoms. The van der Waals surface area contributed by atoms with Crippen LogP contribution in [-0.2, 0) is 6.54 Å². The summed E-state index contributed by atoms with van der Waals surface area (Å²) in [5.41, 5.74) is 0. The van der Waals surface area contributed by atoms with Crippen molar-refractivity contribution >= 4 is 41.3 Å². The number of hydrogen-bond acceptors (Lipinski definition) is 3. The van der Waals surface area contributed by atoms with Crippen molar-refractivity contribution in [1.82, 2.24) is 15.5 Å². The Balaban J connectivity index is 0.00000176. The highest BCUT2D eigenvalue weighted by Crippen LogP contribution is 2.26. The normalized spacial score (nSPS) is 23.5. The van der Waals surface area contributed by atoms with Crippen LogP contribution in [0.2, 0.25) is 0 Å². The number of nitrogens with zero attached hydrogens (tertiary/aromatic N) is 2. The standard InChI is InChI=1S/C16H26N4S.HI/c1-17-16(18-11-15-7-4-10-21-15)19-13-8-9-20(12-13)14-5-2-3-6-14;/h4,7,10,13-14H,2-3,5-6,8-9,11-12H2,1H3,(H2,17,18,19);1H. The van der Waals surface area contributed by atoms with Gasteiger partial charge >= 0.3 is 0 Å². The zero-order chi connectivity index (χ0) is 14.5. The lowest BCUT2D eigenvalue weighted by Crippen LogP contribution is -2.44. The lowest BCUT2D eigenvalue weighted by atomic mass is 10.2. The molecule has 6 heteroatoms. The van der Waals surface area contributed by atoms with Crippen LogP contribution in [0, 0.1) is 0 Å². The van der Waals surface area contributed by atoms with E-state index in [0.717, 1.165) is 18.5 Å². The summed E-state index contributed by atoms with van der Waals surface area (Å²) >= 11 is 1.78. The lowest BCUT2D eigenvalue weighted by Gasteiger charge is -2.24. The maximum absolute atomic E-state index is 4.35. The molecular formula is C16H27IN4S. The van der Waals surface area contributed by atoms with Crippen LogP contribution >= 0.6 is 35.3 Å². The highest BCUT2D eigenvalue weighted by Gasteiger charge is 2.30. The van der Waals surface area contributed by atoms with Gasteiger partial charge in [0.15, 0.2) is 5.96 Å². The van der Waals surface area contributed by atoms with Gasteiger partial charge < -0.3 is 10.6 Å². The quantitative estimate of drug-likeness (QED) is 0.435. The molecular weight excluding hydrogens is 407 g/mol. The molecule has 2 aliphatic rings. The third-order valence-corrected chi connectivity index (χ3v) is 5.51. The predicted octanol–water partition coefficient (Wildman–Crippen LogP) is 3.05. The van der Waals surface area contributed by atoms with Crippen LogP contribution in [0.4, 0.5) is 0 Å². The molecule has 0 radical (unpaired) electrons. The maximum atomic E-state index is 4.35. The Labute approximate surface area is 154 Å². The van der Waals surface area contributed by atoms with Crippen LogP contribution in [-0.4, -0.2) is 43.1 Å². The van der Waals surface area contributed by atoms with Crippen molar-refractivity contribution in [2.75, 3.05) is 20.1 Å². The van der Waals surface area contributed by atoms with Crippen LogP contribution in [0.15, 0.2) is 22.5 Å². The van der Waals surface area contributed by atoms with Crippen molar-refractivity contribution in [1.29, 1.82) is 0 Å². The van der Waals surface area contributed by atoms with E-state index in [0.29, 0.717) is 6.04 Å². The molecule has 0 amide bonds. The van der Waals surface area contributed by atoms with E-state index < -0.39 is 0 Å². The molecule has 1 aliphatic heterocycles. The topological polar surface area (TPSA) is 39.7 Å². The van der Waals surface area contributed by atoms with Gasteiger partial charge in [-0.15, -0.1) is 35.3 Å². The third kappa shape index (κ3) is 4.83. The van der Waals surface area contributed by atoms with E-state index in [9.17, 15) is 0 Å². The minimum Gasteiger partial charge on any atom is -0.352 e. The maximum Gasteiger partial charge on any atom is 0.191 e. The van der Waals surface area contributed by atoms with Gasteiger partial charge in [0.1, 0.15) is 0 Å². The van der Waals surface area contributed by atoms with Crippen molar-refractivity contribution in [2.45, 2.75) is 50.7 Å². The van der Waals surface area contributed by atoms with E-state index in [1.54, 1.807) is 11.3 Å². The van der Waals surface area contributed by atoms with Crippen LogP contribution in [0.1, 0.15) is 37.0 Å². The molecule has 2 fully saturated rings. The lowest BCUT2D eigenvalue weighted by molar-refractivity contribution is 0.242. The molecule has 1 atom stereocenters. The van der Waals surface area contributed by atoms with Gasteiger partial charge in [0.2, 0.25) is 0 Å². The summed E-state index contributed by atoms with van der Waals surface area (Å²) in [6, 6.07) is 5.63. The monoisotopic (exact) mass is 434 g/mol. The Hall–Kier alpha value is -0.340. The molecule has 1 aromatic heterocycles. The van der Waals surface area contributed by atoms with Crippen molar-refractivity contribution in [3.8, 4) is 0 Å². The van der Waals surface area contributed by atoms with Gasteiger partial charge in [-0.25, -0.2) is 0 Å². The fourth-order valence-corrected chi connectivity index (χ4v) is 4.12. The van der Waals surface area contributed by atoms with Crippen molar-refractivity contribution in [3.63, 3.8) is 0 Å². The first-order valence-electron chi connectivity index (χ1n) is 8.09. The summed E-state index contributed by atoms with van der Waals surface area (Å²) in [7, 11) is 1.85. The Morgan fingerprint density at radius 3 is 2.86 bits per heavy atom. The number of rotatable bonds is 4. The SMILES string of the molecule is CN=C(NCc1cccs1)NC1CCN(C2CCCC2)C1.I. The highest BCUT2D eigenvalue weighted by molar-refractivity contribution is 14.0. The molecule has 2 N–H and O–H groups in total. The number of likely N-dealkylation sites (tertiary alicyclic amines) is 1. The first-order chi connectivity index (χ1) is 10.3. The number of halogens is 1. The fraction of sp³-hybridized carbons (Fsp3) is 0.688. The van der Waals surface area contributed by atoms with Crippen LogP contribution < -0.4 is 10.6 Å². The first kappa shape index (κ1) is 18.0. The highest BCUT2D eigenvalue weighted by atomic mass is 127. The Morgan fingerprint density at radius 1 is 1.36 bits per heavy atom. The minimum atomic E-state index is 0. The molecule has 3 rings (SSSR count). The number of guanidine groups is 1. The van der Waals surface area contributed by atoms with E-state index in [1.807, 2.05) is 7.05 Å². The minimum absolute atomic E-state index is 0. The Kier molecular flexibility index (Phi) is 7.43. The number of thiophene rings is 1. The van der Waals surface area contributed by atoms with Crippen molar-refractivity contribution < 1.29 is 0 Å². The Bertz CT molecular complexity index is 457. The van der Waals surface area contributed by atoms with Gasteiger partial charge in [0.25, 0.3) is 0 Å². The molecule has 2 heterocycles. The summed E-state index contributed by atoms with van der Waals surface area (Å²) < 4.78 is 0. The average Bonchev–Trinajstić information content (AvgIpc) is 3.24. The molecule has 124 valence electrons. The first-order valence-corrected chi connectivity index (χ1v) is 8.97. The van der Waals surface area contributed by atoms with E-state index in [-0.39, 0.29) is 24.0 Å². The summed E-state index contributed by atoms with van der Waals surface area (Å²) in [5.74, 6) is 0.932. The van der Waals surface area contributed by atoms with Gasteiger partial charge in [-0.2, -0.15) is 0 Å². The van der Waals surface area contributed by atoms with Gasteiger partial charge in [-0.1, -0.05) is 18.9 Å².